The van der Waals surface area contributed by atoms with Crippen molar-refractivity contribution in [1.82, 2.24) is 15.0 Å². The van der Waals surface area contributed by atoms with Crippen molar-refractivity contribution in [1.29, 1.82) is 0 Å². The number of nitrogens with one attached hydrogen (secondary N) is 2. The van der Waals surface area contributed by atoms with Crippen LogP contribution in [0.4, 0.5) is 11.9 Å². The molecule has 0 aromatic carbocycles. The summed E-state index contributed by atoms with van der Waals surface area (Å²) in [6.07, 6.45) is 1.97. The van der Waals surface area contributed by atoms with Gasteiger partial charge in [-0.05, 0) is 38.3 Å². The predicted molar refractivity (Wildman–Crippen MR) is 71.6 cm³/mol. The van der Waals surface area contributed by atoms with Crippen molar-refractivity contribution in [3.63, 3.8) is 0 Å². The van der Waals surface area contributed by atoms with Crippen molar-refractivity contribution in [2.75, 3.05) is 17.2 Å². The molecule has 5 nitrogen and oxygen atoms in total. The number of aromatic nitrogens is 3. The zero-order valence-corrected chi connectivity index (χ0v) is 11.6. The molecule has 1 aromatic rings. The number of hydrogen-bond acceptors (Lipinski definition) is 5. The highest BCUT2D eigenvalue weighted by molar-refractivity contribution is 6.28. The molecule has 2 N–H and O–H groups in total. The molecule has 0 radical (unpaired) electrons. The minimum absolute atomic E-state index is 0.0628. The molecule has 0 saturated heterocycles. The van der Waals surface area contributed by atoms with E-state index >= 15 is 0 Å². The third-order valence-corrected chi connectivity index (χ3v) is 2.64. The van der Waals surface area contributed by atoms with Gasteiger partial charge < -0.3 is 10.6 Å². The van der Waals surface area contributed by atoms with Crippen molar-refractivity contribution >= 4 is 23.5 Å². The lowest BCUT2D eigenvalue weighted by molar-refractivity contribution is 0.541. The summed E-state index contributed by atoms with van der Waals surface area (Å²) in [4.78, 5) is 12.4. The molecule has 0 spiro atoms. The van der Waals surface area contributed by atoms with E-state index in [2.05, 4.69) is 53.3 Å². The molecule has 1 rings (SSSR count). The van der Waals surface area contributed by atoms with Crippen LogP contribution in [-0.4, -0.2) is 27.0 Å². The largest absolute Gasteiger partial charge is 0.354 e. The van der Waals surface area contributed by atoms with Crippen LogP contribution >= 0.6 is 11.6 Å². The average Bonchev–Trinajstić information content (AvgIpc) is 2.25. The summed E-state index contributed by atoms with van der Waals surface area (Å²) in [5.74, 6) is 1.02. The fourth-order valence-corrected chi connectivity index (χ4v) is 1.27. The second kappa shape index (κ2) is 6.00. The normalized spacial score (nSPS) is 11.4. The lowest BCUT2D eigenvalue weighted by atomic mass is 10.0. The van der Waals surface area contributed by atoms with E-state index in [9.17, 15) is 0 Å². The van der Waals surface area contributed by atoms with Gasteiger partial charge in [-0.3, -0.25) is 0 Å². The number of anilines is 2. The maximum Gasteiger partial charge on any atom is 0.229 e. The van der Waals surface area contributed by atoms with Crippen molar-refractivity contribution in [3.05, 3.63) is 5.28 Å². The average molecular weight is 258 g/mol. The molecular weight excluding hydrogens is 238 g/mol. The quantitative estimate of drug-likeness (QED) is 0.820. The van der Waals surface area contributed by atoms with Crippen LogP contribution in [-0.2, 0) is 0 Å². The highest BCUT2D eigenvalue weighted by atomic mass is 35.5. The van der Waals surface area contributed by atoms with Crippen molar-refractivity contribution in [3.8, 4) is 0 Å². The second-order valence-electron chi connectivity index (χ2n) is 4.54. The van der Waals surface area contributed by atoms with Crippen LogP contribution in [0, 0.1) is 0 Å². The van der Waals surface area contributed by atoms with Crippen molar-refractivity contribution in [2.24, 2.45) is 0 Å². The Labute approximate surface area is 107 Å². The molecule has 0 atom stereocenters. The lowest BCUT2D eigenvalue weighted by Gasteiger charge is -2.24. The molecule has 0 bridgehead atoms. The van der Waals surface area contributed by atoms with Gasteiger partial charge in [0, 0.05) is 12.1 Å². The van der Waals surface area contributed by atoms with E-state index in [1.54, 1.807) is 0 Å². The topological polar surface area (TPSA) is 62.7 Å². The third kappa shape index (κ3) is 4.73. The first-order valence-corrected chi connectivity index (χ1v) is 6.28. The van der Waals surface area contributed by atoms with Gasteiger partial charge in [0.15, 0.2) is 0 Å². The molecule has 0 fully saturated rings. The summed E-state index contributed by atoms with van der Waals surface area (Å²) in [5, 5.41) is 6.53. The Balaban J connectivity index is 2.82. The standard InChI is InChI=1S/C11H20ClN5/c1-5-7-13-9-14-8(12)15-10(16-9)17-11(3,4)6-2/h5-7H2,1-4H3,(H2,13,14,15,16,17). The van der Waals surface area contributed by atoms with E-state index in [4.69, 9.17) is 11.6 Å². The number of nitrogens with zero attached hydrogens (tertiary/aromatic N) is 3. The molecule has 0 aliphatic carbocycles. The Morgan fingerprint density at radius 1 is 1.12 bits per heavy atom. The summed E-state index contributed by atoms with van der Waals surface area (Å²) < 4.78 is 0. The van der Waals surface area contributed by atoms with Gasteiger partial charge in [-0.25, -0.2) is 0 Å². The molecule has 0 amide bonds. The van der Waals surface area contributed by atoms with E-state index < -0.39 is 0 Å². The van der Waals surface area contributed by atoms with Crippen LogP contribution in [0.15, 0.2) is 0 Å². The van der Waals surface area contributed by atoms with Gasteiger partial charge in [-0.1, -0.05) is 13.8 Å². The van der Waals surface area contributed by atoms with E-state index in [0.29, 0.717) is 11.9 Å². The van der Waals surface area contributed by atoms with Crippen LogP contribution in [0.3, 0.4) is 0 Å². The summed E-state index contributed by atoms with van der Waals surface area (Å²) in [5.41, 5.74) is -0.0628. The van der Waals surface area contributed by atoms with Gasteiger partial charge in [0.25, 0.3) is 0 Å². The maximum absolute atomic E-state index is 5.86. The van der Waals surface area contributed by atoms with Crippen LogP contribution in [0.25, 0.3) is 0 Å². The summed E-state index contributed by atoms with van der Waals surface area (Å²) >= 11 is 5.86. The number of rotatable bonds is 6. The number of halogens is 1. The fourth-order valence-electron chi connectivity index (χ4n) is 1.11. The molecule has 0 unspecified atom stereocenters. The first-order chi connectivity index (χ1) is 7.96. The first kappa shape index (κ1) is 14.0. The van der Waals surface area contributed by atoms with Crippen LogP contribution in [0.1, 0.15) is 40.5 Å². The highest BCUT2D eigenvalue weighted by Gasteiger charge is 2.16. The van der Waals surface area contributed by atoms with Gasteiger partial charge in [0.05, 0.1) is 0 Å². The molecule has 1 aromatic heterocycles. The summed E-state index contributed by atoms with van der Waals surface area (Å²) in [6, 6.07) is 0. The fraction of sp³-hybridized carbons (Fsp3) is 0.727. The zero-order valence-electron chi connectivity index (χ0n) is 10.8. The van der Waals surface area contributed by atoms with Crippen LogP contribution < -0.4 is 10.6 Å². The zero-order chi connectivity index (χ0) is 12.9. The molecular formula is C11H20ClN5. The van der Waals surface area contributed by atoms with Crippen LogP contribution in [0.5, 0.6) is 0 Å². The molecule has 6 heteroatoms. The van der Waals surface area contributed by atoms with Crippen LogP contribution in [0.2, 0.25) is 5.28 Å². The summed E-state index contributed by atoms with van der Waals surface area (Å²) in [7, 11) is 0. The highest BCUT2D eigenvalue weighted by Crippen LogP contribution is 2.16. The van der Waals surface area contributed by atoms with E-state index in [1.807, 2.05) is 0 Å². The first-order valence-electron chi connectivity index (χ1n) is 5.90. The third-order valence-electron chi connectivity index (χ3n) is 2.48. The van der Waals surface area contributed by atoms with Gasteiger partial charge in [-0.2, -0.15) is 15.0 Å². The molecule has 1 heterocycles. The van der Waals surface area contributed by atoms with Crippen molar-refractivity contribution < 1.29 is 0 Å². The molecule has 0 aliphatic rings. The maximum atomic E-state index is 5.86. The summed E-state index contributed by atoms with van der Waals surface area (Å²) in [6.45, 7) is 9.17. The molecule has 0 aliphatic heterocycles. The van der Waals surface area contributed by atoms with E-state index in [-0.39, 0.29) is 10.8 Å². The monoisotopic (exact) mass is 257 g/mol. The van der Waals surface area contributed by atoms with Gasteiger partial charge >= 0.3 is 0 Å². The van der Waals surface area contributed by atoms with Crippen molar-refractivity contribution in [2.45, 2.75) is 46.1 Å². The SMILES string of the molecule is CCCNc1nc(Cl)nc(NC(C)(C)CC)n1. The smallest absolute Gasteiger partial charge is 0.229 e. The molecule has 96 valence electrons. The van der Waals surface area contributed by atoms with Gasteiger partial charge in [-0.15, -0.1) is 0 Å². The minimum atomic E-state index is -0.0628. The van der Waals surface area contributed by atoms with Gasteiger partial charge in [0.1, 0.15) is 0 Å². The Kier molecular flexibility index (Phi) is 4.93. The number of hydrogen-bond donors (Lipinski definition) is 2. The Hall–Kier alpha value is -1.10. The second-order valence-corrected chi connectivity index (χ2v) is 4.88. The van der Waals surface area contributed by atoms with E-state index in [1.165, 1.54) is 0 Å². The molecule has 17 heavy (non-hydrogen) atoms. The Morgan fingerprint density at radius 2 is 1.76 bits per heavy atom. The Bertz CT molecular complexity index is 367. The van der Waals surface area contributed by atoms with E-state index in [0.717, 1.165) is 19.4 Å². The van der Waals surface area contributed by atoms with Gasteiger partial charge in [0.2, 0.25) is 17.2 Å². The molecule has 0 saturated carbocycles. The minimum Gasteiger partial charge on any atom is -0.354 e. The predicted octanol–water partition coefficient (Wildman–Crippen LogP) is 2.95. The Morgan fingerprint density at radius 3 is 2.35 bits per heavy atom. The lowest BCUT2D eigenvalue weighted by Crippen LogP contribution is -2.31.